The highest BCUT2D eigenvalue weighted by Gasteiger charge is 2.36. The third-order valence-electron chi connectivity index (χ3n) is 5.83. The molecule has 0 spiro atoms. The number of benzene rings is 1. The Morgan fingerprint density at radius 2 is 1.88 bits per heavy atom. The predicted molar refractivity (Wildman–Crippen MR) is 122 cm³/mol. The normalized spacial score (nSPS) is 19.4. The summed E-state index contributed by atoms with van der Waals surface area (Å²) in [5, 5.41) is 7.92. The van der Waals surface area contributed by atoms with E-state index < -0.39 is 47.3 Å². The molecule has 9 nitrogen and oxygen atoms in total. The number of carbonyl (C=O) groups is 5. The molecule has 5 N–H and O–H groups in total. The van der Waals surface area contributed by atoms with Crippen LogP contribution in [0.5, 0.6) is 0 Å². The van der Waals surface area contributed by atoms with Crippen molar-refractivity contribution in [2.75, 3.05) is 6.54 Å². The Hall–Kier alpha value is -3.27. The molecule has 4 amide bonds. The maximum Gasteiger partial charge on any atom is 0.287 e. The third-order valence-corrected chi connectivity index (χ3v) is 6.07. The lowest BCUT2D eigenvalue weighted by molar-refractivity contribution is -0.139. The van der Waals surface area contributed by atoms with E-state index in [1.807, 2.05) is 0 Å². The fourth-order valence-corrected chi connectivity index (χ4v) is 3.93. The molecule has 0 bridgehead atoms. The quantitative estimate of drug-likeness (QED) is 0.267. The summed E-state index contributed by atoms with van der Waals surface area (Å²) in [5.74, 6) is -4.71. The molecular formula is C23H26ClFN4O5. The first-order valence-electron chi connectivity index (χ1n) is 11.0. The van der Waals surface area contributed by atoms with Crippen LogP contribution in [0.4, 0.5) is 4.39 Å². The minimum absolute atomic E-state index is 0.0702. The van der Waals surface area contributed by atoms with E-state index in [4.69, 9.17) is 17.3 Å². The van der Waals surface area contributed by atoms with Crippen molar-refractivity contribution >= 4 is 47.1 Å². The lowest BCUT2D eigenvalue weighted by atomic mass is 9.95. The van der Waals surface area contributed by atoms with Crippen molar-refractivity contribution in [2.24, 2.45) is 17.6 Å². The van der Waals surface area contributed by atoms with Crippen LogP contribution < -0.4 is 21.7 Å². The number of Topliss-reactive ketones (excluding diaryl/α,β-unsaturated/α-hetero) is 1. The van der Waals surface area contributed by atoms with Gasteiger partial charge in [-0.2, -0.15) is 0 Å². The maximum absolute atomic E-state index is 13.9. The number of halogens is 2. The smallest absolute Gasteiger partial charge is 0.287 e. The van der Waals surface area contributed by atoms with Crippen molar-refractivity contribution in [1.29, 1.82) is 0 Å². The van der Waals surface area contributed by atoms with Crippen LogP contribution in [0.2, 0.25) is 5.02 Å². The molecule has 0 radical (unpaired) electrons. The monoisotopic (exact) mass is 492 g/mol. The van der Waals surface area contributed by atoms with Crippen LogP contribution in [0.1, 0.15) is 37.7 Å². The summed E-state index contributed by atoms with van der Waals surface area (Å²) in [6.45, 7) is 0.440. The van der Waals surface area contributed by atoms with E-state index in [0.717, 1.165) is 25.0 Å². The molecule has 182 valence electrons. The summed E-state index contributed by atoms with van der Waals surface area (Å²) in [6, 6.07) is 1.74. The molecule has 1 heterocycles. The summed E-state index contributed by atoms with van der Waals surface area (Å²) >= 11 is 5.72. The van der Waals surface area contributed by atoms with Crippen LogP contribution in [0, 0.1) is 17.7 Å². The summed E-state index contributed by atoms with van der Waals surface area (Å²) in [6.07, 6.45) is 4.88. The van der Waals surface area contributed by atoms with E-state index in [9.17, 15) is 28.4 Å². The molecule has 1 aliphatic carbocycles. The number of primary amides is 1. The first kappa shape index (κ1) is 25.4. The van der Waals surface area contributed by atoms with Gasteiger partial charge in [-0.1, -0.05) is 30.5 Å². The van der Waals surface area contributed by atoms with E-state index >= 15 is 0 Å². The van der Waals surface area contributed by atoms with Crippen molar-refractivity contribution in [3.8, 4) is 0 Å². The number of nitrogens with two attached hydrogens (primary N) is 1. The molecule has 1 aromatic rings. The lowest BCUT2D eigenvalue weighted by Gasteiger charge is -2.23. The van der Waals surface area contributed by atoms with Gasteiger partial charge < -0.3 is 21.7 Å². The molecule has 3 rings (SSSR count). The largest absolute Gasteiger partial charge is 0.363 e. The summed E-state index contributed by atoms with van der Waals surface area (Å²) in [7, 11) is 0. The van der Waals surface area contributed by atoms with Gasteiger partial charge in [0.05, 0.1) is 6.04 Å². The van der Waals surface area contributed by atoms with Gasteiger partial charge in [-0.25, -0.2) is 4.39 Å². The van der Waals surface area contributed by atoms with Gasteiger partial charge in [-0.3, -0.25) is 24.0 Å². The molecule has 0 aromatic heterocycles. The number of hydrogen-bond acceptors (Lipinski definition) is 5. The summed E-state index contributed by atoms with van der Waals surface area (Å²) < 4.78 is 13.9. The predicted octanol–water partition coefficient (Wildman–Crippen LogP) is 0.843. The van der Waals surface area contributed by atoms with E-state index in [0.29, 0.717) is 19.4 Å². The van der Waals surface area contributed by atoms with Gasteiger partial charge in [0.15, 0.2) is 0 Å². The number of nitrogens with one attached hydrogen (secondary N) is 3. The van der Waals surface area contributed by atoms with Gasteiger partial charge in [0.1, 0.15) is 11.9 Å². The number of hydrogen-bond donors (Lipinski definition) is 4. The van der Waals surface area contributed by atoms with Gasteiger partial charge in [-0.15, -0.1) is 0 Å². The zero-order chi connectivity index (χ0) is 24.8. The Balaban J connectivity index is 1.68. The van der Waals surface area contributed by atoms with Crippen LogP contribution in [-0.2, 0) is 24.0 Å². The summed E-state index contributed by atoms with van der Waals surface area (Å²) in [5.41, 5.74) is 5.27. The highest BCUT2D eigenvalue weighted by molar-refractivity contribution is 6.38. The lowest BCUT2D eigenvalue weighted by Crippen LogP contribution is -2.54. The van der Waals surface area contributed by atoms with Crippen molar-refractivity contribution in [1.82, 2.24) is 16.0 Å². The minimum atomic E-state index is -1.28. The Morgan fingerprint density at radius 3 is 2.47 bits per heavy atom. The second-order valence-corrected chi connectivity index (χ2v) is 8.98. The minimum Gasteiger partial charge on any atom is -0.363 e. The van der Waals surface area contributed by atoms with Crippen LogP contribution in [0.25, 0.3) is 6.08 Å². The maximum atomic E-state index is 13.9. The van der Waals surface area contributed by atoms with Crippen LogP contribution in [0.3, 0.4) is 0 Å². The molecule has 1 aliphatic heterocycles. The second-order valence-electron chi connectivity index (χ2n) is 8.54. The van der Waals surface area contributed by atoms with E-state index in [1.54, 1.807) is 0 Å². The first-order valence-corrected chi connectivity index (χ1v) is 11.4. The fraction of sp³-hybridized carbons (Fsp3) is 0.435. The standard InChI is InChI=1S/C23H26ClFN4O5/c24-15-5-3-13(16(25)11-15)4-6-19(30)28-18(9-12-1-2-12)23(34)29-17(20(31)21(26)32)10-14-7-8-27-22(14)33/h3-6,11-12,14,17-18H,1-2,7-10H2,(H2,26,32)(H,27,33)(H,28,30)(H,29,34)/b6-4+/t14-,17-,18?/m0/s1. The Kier molecular flexibility index (Phi) is 8.38. The molecule has 1 unspecified atom stereocenters. The second kappa shape index (κ2) is 11.2. The van der Waals surface area contributed by atoms with Gasteiger partial charge in [-0.05, 0) is 43.4 Å². The van der Waals surface area contributed by atoms with Crippen LogP contribution in [-0.4, -0.2) is 48.0 Å². The van der Waals surface area contributed by atoms with Crippen molar-refractivity contribution in [2.45, 2.75) is 44.2 Å². The Morgan fingerprint density at radius 1 is 1.15 bits per heavy atom. The van der Waals surface area contributed by atoms with Gasteiger partial charge in [0, 0.05) is 29.1 Å². The van der Waals surface area contributed by atoms with Gasteiger partial charge >= 0.3 is 0 Å². The number of amides is 4. The number of rotatable bonds is 11. The highest BCUT2D eigenvalue weighted by atomic mass is 35.5. The van der Waals surface area contributed by atoms with Crippen molar-refractivity contribution < 1.29 is 28.4 Å². The van der Waals surface area contributed by atoms with Crippen molar-refractivity contribution in [3.05, 3.63) is 40.7 Å². The van der Waals surface area contributed by atoms with Crippen LogP contribution in [0.15, 0.2) is 24.3 Å². The van der Waals surface area contributed by atoms with Gasteiger partial charge in [0.25, 0.3) is 5.91 Å². The fourth-order valence-electron chi connectivity index (χ4n) is 3.77. The van der Waals surface area contributed by atoms with E-state index in [-0.39, 0.29) is 28.8 Å². The number of carbonyl (C=O) groups excluding carboxylic acids is 5. The van der Waals surface area contributed by atoms with Gasteiger partial charge in [0.2, 0.25) is 23.5 Å². The number of ketones is 1. The first-order chi connectivity index (χ1) is 16.1. The molecule has 2 fully saturated rings. The third kappa shape index (κ3) is 7.11. The average Bonchev–Trinajstić information content (AvgIpc) is 3.51. The van der Waals surface area contributed by atoms with Crippen LogP contribution >= 0.6 is 11.6 Å². The topological polar surface area (TPSA) is 147 Å². The van der Waals surface area contributed by atoms with E-state index in [1.165, 1.54) is 18.2 Å². The molecule has 1 saturated heterocycles. The molecule has 2 aliphatic rings. The SMILES string of the molecule is NC(=O)C(=O)[C@H](C[C@@H]1CCNC1=O)NC(=O)C(CC1CC1)NC(=O)/C=C/c1ccc(Cl)cc1F. The summed E-state index contributed by atoms with van der Waals surface area (Å²) in [4.78, 5) is 61.1. The highest BCUT2D eigenvalue weighted by Crippen LogP contribution is 2.33. The molecule has 34 heavy (non-hydrogen) atoms. The average molecular weight is 493 g/mol. The van der Waals surface area contributed by atoms with Crippen molar-refractivity contribution in [3.63, 3.8) is 0 Å². The van der Waals surface area contributed by atoms with E-state index in [2.05, 4.69) is 16.0 Å². The molecule has 11 heteroatoms. The molecule has 3 atom stereocenters. The zero-order valence-corrected chi connectivity index (χ0v) is 19.1. The zero-order valence-electron chi connectivity index (χ0n) is 18.3. The molecular weight excluding hydrogens is 467 g/mol. The Bertz CT molecular complexity index is 1030. The molecule has 1 saturated carbocycles. The Labute approximate surface area is 200 Å². The molecule has 1 aromatic carbocycles.